The van der Waals surface area contributed by atoms with Crippen molar-refractivity contribution in [2.45, 2.75) is 11.3 Å². The summed E-state index contributed by atoms with van der Waals surface area (Å²) in [7, 11) is -5.20. The Kier molecular flexibility index (Phi) is 6.99. The molecular formula is C22H18ClN3O5S3. The van der Waals surface area contributed by atoms with E-state index in [-0.39, 0.29) is 15.8 Å². The molecule has 3 aromatic rings. The van der Waals surface area contributed by atoms with Crippen LogP contribution in [-0.4, -0.2) is 29.5 Å². The van der Waals surface area contributed by atoms with E-state index in [1.165, 1.54) is 16.7 Å². The lowest BCUT2D eigenvalue weighted by molar-refractivity contribution is 0.257. The van der Waals surface area contributed by atoms with Crippen molar-refractivity contribution in [3.8, 4) is 5.69 Å². The highest BCUT2D eigenvalue weighted by molar-refractivity contribution is 8.19. The average Bonchev–Trinajstić information content (AvgIpc) is 2.79. The number of sulfone groups is 1. The molecule has 34 heavy (non-hydrogen) atoms. The smallest absolute Gasteiger partial charge is 0.307 e. The highest BCUT2D eigenvalue weighted by Crippen LogP contribution is 2.34. The maximum Gasteiger partial charge on any atom is 0.331 e. The van der Waals surface area contributed by atoms with E-state index in [1.54, 1.807) is 54.7 Å². The van der Waals surface area contributed by atoms with Gasteiger partial charge in [0.1, 0.15) is 0 Å². The fraction of sp³-hybridized carbons (Fsp3) is 0.0909. The van der Waals surface area contributed by atoms with Gasteiger partial charge in [-0.2, -0.15) is 0 Å². The first-order valence-corrected chi connectivity index (χ1v) is 14.0. The van der Waals surface area contributed by atoms with Crippen LogP contribution < -0.4 is 15.6 Å². The summed E-state index contributed by atoms with van der Waals surface area (Å²) >= 11 is 7.05. The molecule has 1 unspecified atom stereocenters. The number of aromatic nitrogens is 1. The SMILES string of the molecule is CS(=O)(=O)c1ccc2ccn(-c3ccc(NC(=O)NS(=O)C4=CCC=C(Cl)S4)cc3)c(=O)c2c1. The third-order valence-electron chi connectivity index (χ3n) is 4.84. The molecule has 12 heteroatoms. The van der Waals surface area contributed by atoms with Crippen LogP contribution in [0.25, 0.3) is 16.5 Å². The van der Waals surface area contributed by atoms with Crippen molar-refractivity contribution >= 4 is 66.7 Å². The van der Waals surface area contributed by atoms with Gasteiger partial charge in [0, 0.05) is 29.2 Å². The summed E-state index contributed by atoms with van der Waals surface area (Å²) in [6.07, 6.45) is 6.73. The number of fused-ring (bicyclic) bond motifs is 1. The molecule has 2 aromatic carbocycles. The third kappa shape index (κ3) is 5.44. The van der Waals surface area contributed by atoms with Crippen molar-refractivity contribution in [1.29, 1.82) is 0 Å². The van der Waals surface area contributed by atoms with Crippen LogP contribution in [-0.2, 0) is 20.8 Å². The molecule has 1 atom stereocenters. The van der Waals surface area contributed by atoms with Gasteiger partial charge in [0.25, 0.3) is 5.56 Å². The molecule has 1 aliphatic rings. The molecule has 0 saturated carbocycles. The highest BCUT2D eigenvalue weighted by Gasteiger charge is 2.16. The highest BCUT2D eigenvalue weighted by atomic mass is 35.5. The molecule has 1 aliphatic heterocycles. The summed E-state index contributed by atoms with van der Waals surface area (Å²) in [6.45, 7) is 0. The Morgan fingerprint density at radius 3 is 2.53 bits per heavy atom. The molecule has 1 aromatic heterocycles. The largest absolute Gasteiger partial charge is 0.331 e. The van der Waals surface area contributed by atoms with Gasteiger partial charge in [-0.1, -0.05) is 41.6 Å². The standard InChI is InChI=1S/C22H18ClN3O5S3/c1-34(30,31)17-10-5-14-11-12-26(21(27)18(14)13-17)16-8-6-15(7-9-16)24-22(28)25-33(29)20-4-2-3-19(23)32-20/h3-13H,2H2,1H3,(H2,24,25,28). The van der Waals surface area contributed by atoms with Crippen LogP contribution in [0, 0.1) is 0 Å². The Morgan fingerprint density at radius 2 is 1.85 bits per heavy atom. The van der Waals surface area contributed by atoms with Crippen molar-refractivity contribution in [3.63, 3.8) is 0 Å². The van der Waals surface area contributed by atoms with Crippen LogP contribution in [0.2, 0.25) is 0 Å². The van der Waals surface area contributed by atoms with Crippen LogP contribution in [0.15, 0.2) is 85.2 Å². The Labute approximate surface area is 207 Å². The maximum atomic E-state index is 13.0. The van der Waals surface area contributed by atoms with Crippen molar-refractivity contribution in [2.24, 2.45) is 0 Å². The van der Waals surface area contributed by atoms with E-state index in [9.17, 15) is 22.2 Å². The Hall–Kier alpha value is -2.86. The first-order valence-electron chi connectivity index (χ1n) is 9.81. The number of carbonyl (C=O) groups excluding carboxylic acids is 1. The zero-order chi connectivity index (χ0) is 24.5. The van der Waals surface area contributed by atoms with Gasteiger partial charge in [0.05, 0.1) is 13.5 Å². The Morgan fingerprint density at radius 1 is 1.12 bits per heavy atom. The first-order chi connectivity index (χ1) is 16.1. The number of amides is 2. The second kappa shape index (κ2) is 9.79. The number of halogens is 1. The quantitative estimate of drug-likeness (QED) is 0.505. The molecule has 2 amide bonds. The van der Waals surface area contributed by atoms with Crippen LogP contribution in [0.1, 0.15) is 6.42 Å². The van der Waals surface area contributed by atoms with E-state index in [1.807, 2.05) is 0 Å². The number of thioether (sulfide) groups is 1. The number of benzene rings is 2. The number of urea groups is 1. The summed E-state index contributed by atoms with van der Waals surface area (Å²) in [6, 6.07) is 11.9. The fourth-order valence-corrected chi connectivity index (χ4v) is 6.13. The van der Waals surface area contributed by atoms with Gasteiger partial charge in [0.15, 0.2) is 20.8 Å². The number of rotatable bonds is 5. The van der Waals surface area contributed by atoms with Gasteiger partial charge in [-0.25, -0.2) is 17.4 Å². The molecule has 0 bridgehead atoms. The maximum absolute atomic E-state index is 13.0. The summed E-state index contributed by atoms with van der Waals surface area (Å²) in [4.78, 5) is 25.3. The molecular weight excluding hydrogens is 518 g/mol. The number of anilines is 1. The van der Waals surface area contributed by atoms with Crippen LogP contribution in [0.4, 0.5) is 10.5 Å². The number of pyridine rings is 1. The Bertz CT molecular complexity index is 1540. The van der Waals surface area contributed by atoms with Crippen molar-refractivity contribution in [1.82, 2.24) is 9.29 Å². The van der Waals surface area contributed by atoms with Crippen LogP contribution >= 0.6 is 23.4 Å². The number of nitrogens with one attached hydrogen (secondary N) is 2. The predicted molar refractivity (Wildman–Crippen MR) is 137 cm³/mol. The molecule has 0 fully saturated rings. The van der Waals surface area contributed by atoms with Gasteiger partial charge < -0.3 is 5.32 Å². The zero-order valence-corrected chi connectivity index (χ0v) is 20.9. The summed E-state index contributed by atoms with van der Waals surface area (Å²) < 4.78 is 40.7. The first kappa shape index (κ1) is 24.3. The van der Waals surface area contributed by atoms with Gasteiger partial charge in [-0.05, 0) is 54.3 Å². The number of hydrogen-bond donors (Lipinski definition) is 2. The van der Waals surface area contributed by atoms with E-state index < -0.39 is 26.9 Å². The zero-order valence-electron chi connectivity index (χ0n) is 17.6. The molecule has 0 spiro atoms. The van der Waals surface area contributed by atoms with Crippen molar-refractivity contribution in [2.75, 3.05) is 11.6 Å². The second-order valence-corrected chi connectivity index (χ2v) is 12.4. The number of hydrogen-bond acceptors (Lipinski definition) is 6. The van der Waals surface area contributed by atoms with Gasteiger partial charge in [0.2, 0.25) is 0 Å². The minimum absolute atomic E-state index is 0.0680. The molecule has 8 nitrogen and oxygen atoms in total. The second-order valence-electron chi connectivity index (χ2n) is 7.25. The molecule has 0 saturated heterocycles. The van der Waals surface area contributed by atoms with Crippen LogP contribution in [0.5, 0.6) is 0 Å². The van der Waals surface area contributed by atoms with Gasteiger partial charge >= 0.3 is 6.03 Å². The molecule has 4 rings (SSSR count). The summed E-state index contributed by atoms with van der Waals surface area (Å²) in [5, 5.41) is 3.49. The molecule has 2 heterocycles. The summed E-state index contributed by atoms with van der Waals surface area (Å²) in [5.41, 5.74) is 0.578. The topological polar surface area (TPSA) is 114 Å². The monoisotopic (exact) mass is 535 g/mol. The van der Waals surface area contributed by atoms with Crippen molar-refractivity contribution in [3.05, 3.63) is 85.8 Å². The van der Waals surface area contributed by atoms with E-state index in [0.717, 1.165) is 18.0 Å². The minimum Gasteiger partial charge on any atom is -0.307 e. The fourth-order valence-electron chi connectivity index (χ4n) is 3.19. The summed E-state index contributed by atoms with van der Waals surface area (Å²) in [5.74, 6) is 0. The van der Waals surface area contributed by atoms with E-state index >= 15 is 0 Å². The lowest BCUT2D eigenvalue weighted by atomic mass is 10.1. The normalized spacial score (nSPS) is 14.8. The molecule has 176 valence electrons. The predicted octanol–water partition coefficient (Wildman–Crippen LogP) is 4.24. The van der Waals surface area contributed by atoms with Crippen molar-refractivity contribution < 1.29 is 17.4 Å². The third-order valence-corrected chi connectivity index (χ3v) is 8.67. The minimum atomic E-state index is -3.45. The average molecular weight is 536 g/mol. The van der Waals surface area contributed by atoms with Gasteiger partial charge in [-0.15, -0.1) is 0 Å². The molecule has 0 radical (unpaired) electrons. The lowest BCUT2D eigenvalue weighted by Gasteiger charge is -2.12. The molecule has 2 N–H and O–H groups in total. The number of carbonyl (C=O) groups is 1. The number of nitrogens with zero attached hydrogens (tertiary/aromatic N) is 1. The lowest BCUT2D eigenvalue weighted by Crippen LogP contribution is -2.30. The van der Waals surface area contributed by atoms with E-state index in [4.69, 9.17) is 11.6 Å². The van der Waals surface area contributed by atoms with E-state index in [2.05, 4.69) is 10.0 Å². The van der Waals surface area contributed by atoms with Crippen LogP contribution in [0.3, 0.4) is 0 Å². The molecule has 0 aliphatic carbocycles. The Balaban J connectivity index is 1.50. The number of allylic oxidation sites excluding steroid dienone is 2. The van der Waals surface area contributed by atoms with E-state index in [0.29, 0.717) is 31.8 Å². The van der Waals surface area contributed by atoms with Gasteiger partial charge in [-0.3, -0.25) is 14.1 Å².